The lowest BCUT2D eigenvalue weighted by atomic mass is 10.0. The van der Waals surface area contributed by atoms with Crippen LogP contribution in [0.3, 0.4) is 0 Å². The van der Waals surface area contributed by atoms with Crippen molar-refractivity contribution in [2.24, 2.45) is 0 Å². The molecule has 0 amide bonds. The first kappa shape index (κ1) is 13.4. The molecule has 0 aliphatic heterocycles. The summed E-state index contributed by atoms with van der Waals surface area (Å²) in [5, 5.41) is 3.67. The normalized spacial score (nSPS) is 23.1. The summed E-state index contributed by atoms with van der Waals surface area (Å²) < 4.78 is 6.25. The van der Waals surface area contributed by atoms with Crippen molar-refractivity contribution in [2.45, 2.75) is 82.8 Å². The average Bonchev–Trinajstić information content (AvgIpc) is 3.07. The SMILES string of the molecule is CCCCCCOC1(CNC2CC2)CCCC1. The van der Waals surface area contributed by atoms with Crippen LogP contribution in [0.5, 0.6) is 0 Å². The first-order valence-electron chi connectivity index (χ1n) is 7.72. The van der Waals surface area contributed by atoms with E-state index in [2.05, 4.69) is 12.2 Å². The van der Waals surface area contributed by atoms with E-state index in [0.29, 0.717) is 0 Å². The van der Waals surface area contributed by atoms with Crippen LogP contribution >= 0.6 is 0 Å². The van der Waals surface area contributed by atoms with Crippen LogP contribution in [0.25, 0.3) is 0 Å². The van der Waals surface area contributed by atoms with Crippen molar-refractivity contribution in [2.75, 3.05) is 13.2 Å². The molecular formula is C15H29NO. The fourth-order valence-electron chi connectivity index (χ4n) is 2.83. The highest BCUT2D eigenvalue weighted by atomic mass is 16.5. The Labute approximate surface area is 107 Å². The van der Waals surface area contributed by atoms with Crippen LogP contribution in [0.4, 0.5) is 0 Å². The highest BCUT2D eigenvalue weighted by molar-refractivity contribution is 4.92. The lowest BCUT2D eigenvalue weighted by molar-refractivity contribution is -0.0410. The molecule has 2 rings (SSSR count). The predicted molar refractivity (Wildman–Crippen MR) is 72.3 cm³/mol. The zero-order valence-electron chi connectivity index (χ0n) is 11.5. The minimum atomic E-state index is 0.203. The number of unbranched alkanes of at least 4 members (excludes halogenated alkanes) is 3. The van der Waals surface area contributed by atoms with Gasteiger partial charge in [-0.1, -0.05) is 39.0 Å². The summed E-state index contributed by atoms with van der Waals surface area (Å²) in [5.41, 5.74) is 0.203. The van der Waals surface area contributed by atoms with Gasteiger partial charge in [0.15, 0.2) is 0 Å². The summed E-state index contributed by atoms with van der Waals surface area (Å²) in [6.07, 6.45) is 13.3. The third kappa shape index (κ3) is 4.59. The fourth-order valence-corrected chi connectivity index (χ4v) is 2.83. The lowest BCUT2D eigenvalue weighted by Gasteiger charge is -2.30. The van der Waals surface area contributed by atoms with Crippen LogP contribution in [-0.2, 0) is 4.74 Å². The van der Waals surface area contributed by atoms with Crippen molar-refractivity contribution in [3.8, 4) is 0 Å². The van der Waals surface area contributed by atoms with Gasteiger partial charge in [0.05, 0.1) is 5.60 Å². The Hall–Kier alpha value is -0.0800. The smallest absolute Gasteiger partial charge is 0.0806 e. The van der Waals surface area contributed by atoms with E-state index in [1.54, 1.807) is 0 Å². The van der Waals surface area contributed by atoms with Crippen molar-refractivity contribution < 1.29 is 4.74 Å². The molecule has 0 bridgehead atoms. The second-order valence-electron chi connectivity index (χ2n) is 5.95. The Morgan fingerprint density at radius 1 is 1.12 bits per heavy atom. The van der Waals surface area contributed by atoms with Crippen molar-refractivity contribution in [1.29, 1.82) is 0 Å². The summed E-state index contributed by atoms with van der Waals surface area (Å²) in [4.78, 5) is 0. The van der Waals surface area contributed by atoms with Crippen LogP contribution in [-0.4, -0.2) is 24.8 Å². The van der Waals surface area contributed by atoms with E-state index in [1.165, 1.54) is 64.2 Å². The third-order valence-electron chi connectivity index (χ3n) is 4.21. The zero-order chi connectivity index (χ0) is 12.0. The quantitative estimate of drug-likeness (QED) is 0.620. The summed E-state index contributed by atoms with van der Waals surface area (Å²) >= 11 is 0. The number of rotatable bonds is 9. The van der Waals surface area contributed by atoms with Crippen LogP contribution in [0.2, 0.25) is 0 Å². The predicted octanol–water partition coefficient (Wildman–Crippen LogP) is 3.65. The molecule has 2 nitrogen and oxygen atoms in total. The van der Waals surface area contributed by atoms with Gasteiger partial charge in [-0.25, -0.2) is 0 Å². The second-order valence-corrected chi connectivity index (χ2v) is 5.95. The Morgan fingerprint density at radius 2 is 1.88 bits per heavy atom. The molecule has 2 heteroatoms. The standard InChI is InChI=1S/C15H29NO/c1-2-3-4-7-12-17-15(10-5-6-11-15)13-16-14-8-9-14/h14,16H,2-13H2,1H3. The molecule has 0 radical (unpaired) electrons. The second kappa shape index (κ2) is 6.75. The van der Waals surface area contributed by atoms with Crippen molar-refractivity contribution in [3.05, 3.63) is 0 Å². The maximum atomic E-state index is 6.25. The van der Waals surface area contributed by atoms with Gasteiger partial charge < -0.3 is 10.1 Å². The number of ether oxygens (including phenoxy) is 1. The zero-order valence-corrected chi connectivity index (χ0v) is 11.5. The topological polar surface area (TPSA) is 21.3 Å². The molecule has 0 aromatic rings. The van der Waals surface area contributed by atoms with E-state index in [0.717, 1.165) is 19.2 Å². The first-order chi connectivity index (χ1) is 8.35. The van der Waals surface area contributed by atoms with E-state index in [-0.39, 0.29) is 5.60 Å². The molecule has 2 saturated carbocycles. The van der Waals surface area contributed by atoms with E-state index in [9.17, 15) is 0 Å². The molecule has 2 aliphatic rings. The number of hydrogen-bond donors (Lipinski definition) is 1. The first-order valence-corrected chi connectivity index (χ1v) is 7.72. The Bertz CT molecular complexity index is 207. The maximum Gasteiger partial charge on any atom is 0.0806 e. The highest BCUT2D eigenvalue weighted by Gasteiger charge is 2.36. The number of hydrogen-bond acceptors (Lipinski definition) is 2. The molecule has 1 N–H and O–H groups in total. The maximum absolute atomic E-state index is 6.25. The van der Waals surface area contributed by atoms with E-state index < -0.39 is 0 Å². The number of nitrogens with one attached hydrogen (secondary N) is 1. The van der Waals surface area contributed by atoms with Crippen LogP contribution in [0.15, 0.2) is 0 Å². The summed E-state index contributed by atoms with van der Waals surface area (Å²) in [5.74, 6) is 0. The molecule has 0 unspecified atom stereocenters. The van der Waals surface area contributed by atoms with Gasteiger partial charge in [0.25, 0.3) is 0 Å². The minimum absolute atomic E-state index is 0.203. The van der Waals surface area contributed by atoms with Gasteiger partial charge in [0, 0.05) is 19.2 Å². The van der Waals surface area contributed by atoms with Gasteiger partial charge in [-0.3, -0.25) is 0 Å². The van der Waals surface area contributed by atoms with Gasteiger partial charge in [-0.05, 0) is 32.1 Å². The van der Waals surface area contributed by atoms with Gasteiger partial charge >= 0.3 is 0 Å². The van der Waals surface area contributed by atoms with Crippen LogP contribution < -0.4 is 5.32 Å². The fraction of sp³-hybridized carbons (Fsp3) is 1.00. The molecule has 0 saturated heterocycles. The molecule has 0 aromatic heterocycles. The largest absolute Gasteiger partial charge is 0.374 e. The summed E-state index contributed by atoms with van der Waals surface area (Å²) in [7, 11) is 0. The monoisotopic (exact) mass is 239 g/mol. The molecule has 17 heavy (non-hydrogen) atoms. The van der Waals surface area contributed by atoms with Gasteiger partial charge in [-0.2, -0.15) is 0 Å². The van der Waals surface area contributed by atoms with Crippen LogP contribution in [0.1, 0.15) is 71.1 Å². The Kier molecular flexibility index (Phi) is 5.30. The lowest BCUT2D eigenvalue weighted by Crippen LogP contribution is -2.41. The molecule has 0 heterocycles. The van der Waals surface area contributed by atoms with Crippen LogP contribution in [0, 0.1) is 0 Å². The van der Waals surface area contributed by atoms with Gasteiger partial charge in [0.2, 0.25) is 0 Å². The summed E-state index contributed by atoms with van der Waals surface area (Å²) in [6, 6.07) is 0.816. The molecule has 0 aromatic carbocycles. The highest BCUT2D eigenvalue weighted by Crippen LogP contribution is 2.34. The molecule has 0 atom stereocenters. The van der Waals surface area contributed by atoms with Crippen molar-refractivity contribution in [1.82, 2.24) is 5.32 Å². The van der Waals surface area contributed by atoms with E-state index in [1.807, 2.05) is 0 Å². The third-order valence-corrected chi connectivity index (χ3v) is 4.21. The molecule has 0 spiro atoms. The van der Waals surface area contributed by atoms with E-state index >= 15 is 0 Å². The van der Waals surface area contributed by atoms with Crippen molar-refractivity contribution >= 4 is 0 Å². The molecule has 100 valence electrons. The van der Waals surface area contributed by atoms with Gasteiger partial charge in [0.1, 0.15) is 0 Å². The Morgan fingerprint density at radius 3 is 2.53 bits per heavy atom. The molecule has 2 aliphatic carbocycles. The Balaban J connectivity index is 1.63. The van der Waals surface area contributed by atoms with Crippen molar-refractivity contribution in [3.63, 3.8) is 0 Å². The molecule has 2 fully saturated rings. The molecular weight excluding hydrogens is 210 g/mol. The average molecular weight is 239 g/mol. The summed E-state index contributed by atoms with van der Waals surface area (Å²) in [6.45, 7) is 4.34. The minimum Gasteiger partial charge on any atom is -0.374 e. The van der Waals surface area contributed by atoms with E-state index in [4.69, 9.17) is 4.74 Å². The van der Waals surface area contributed by atoms with Gasteiger partial charge in [-0.15, -0.1) is 0 Å².